The summed E-state index contributed by atoms with van der Waals surface area (Å²) < 4.78 is 27.0. The van der Waals surface area contributed by atoms with Gasteiger partial charge in [-0.25, -0.2) is 13.2 Å². The maximum Gasteiger partial charge on any atom is 0.323 e. The van der Waals surface area contributed by atoms with Crippen molar-refractivity contribution in [1.82, 2.24) is 14.3 Å². The number of aromatic nitrogens is 2. The van der Waals surface area contributed by atoms with Crippen LogP contribution >= 0.6 is 0 Å². The molecule has 1 saturated heterocycles. The molecule has 3 N–H and O–H groups in total. The van der Waals surface area contributed by atoms with E-state index in [4.69, 9.17) is 0 Å². The van der Waals surface area contributed by atoms with Gasteiger partial charge in [0.1, 0.15) is 6.04 Å². The van der Waals surface area contributed by atoms with E-state index in [1.54, 1.807) is 36.4 Å². The highest BCUT2D eigenvalue weighted by Gasteiger charge is 2.39. The number of sulfonamides is 1. The van der Waals surface area contributed by atoms with Crippen LogP contribution in [0.2, 0.25) is 0 Å². The highest BCUT2D eigenvalue weighted by atomic mass is 32.2. The fraction of sp³-hybridized carbons (Fsp3) is 0.222. The third-order valence-corrected chi connectivity index (χ3v) is 6.56. The average Bonchev–Trinajstić information content (AvgIpc) is 3.28. The Morgan fingerprint density at radius 3 is 2.59 bits per heavy atom. The van der Waals surface area contributed by atoms with Crippen LogP contribution in [0.4, 0.5) is 5.69 Å². The van der Waals surface area contributed by atoms with Gasteiger partial charge in [0.05, 0.1) is 15.9 Å². The van der Waals surface area contributed by atoms with Gasteiger partial charge in [-0.15, -0.1) is 0 Å². The molecular weight excluding hydrogens is 368 g/mol. The van der Waals surface area contributed by atoms with Gasteiger partial charge < -0.3 is 15.3 Å². The van der Waals surface area contributed by atoms with Crippen molar-refractivity contribution in [2.45, 2.75) is 23.8 Å². The minimum atomic E-state index is -3.74. The van der Waals surface area contributed by atoms with Crippen molar-refractivity contribution < 1.29 is 13.2 Å². The lowest BCUT2D eigenvalue weighted by Crippen LogP contribution is -2.43. The van der Waals surface area contributed by atoms with E-state index in [0.717, 1.165) is 0 Å². The number of nitrogens with zero attached hydrogens (tertiary/aromatic N) is 1. The molecule has 1 amide bonds. The number of carbonyl (C=O) groups is 1. The summed E-state index contributed by atoms with van der Waals surface area (Å²) in [6.45, 7) is 0.305. The summed E-state index contributed by atoms with van der Waals surface area (Å²) in [5.74, 6) is -0.385. The summed E-state index contributed by atoms with van der Waals surface area (Å²) in [5.41, 5.74) is 1.36. The molecule has 9 heteroatoms. The molecule has 1 aliphatic heterocycles. The first-order valence-corrected chi connectivity index (χ1v) is 9.99. The molecule has 2 heterocycles. The maximum absolute atomic E-state index is 12.9. The predicted octanol–water partition coefficient (Wildman–Crippen LogP) is 1.65. The van der Waals surface area contributed by atoms with Gasteiger partial charge in [0.25, 0.3) is 0 Å². The first-order valence-electron chi connectivity index (χ1n) is 8.55. The van der Waals surface area contributed by atoms with Crippen molar-refractivity contribution in [3.05, 3.63) is 59.0 Å². The van der Waals surface area contributed by atoms with Crippen molar-refractivity contribution in [1.29, 1.82) is 0 Å². The van der Waals surface area contributed by atoms with Crippen LogP contribution in [0.25, 0.3) is 11.0 Å². The zero-order valence-corrected chi connectivity index (χ0v) is 15.1. The lowest BCUT2D eigenvalue weighted by atomic mass is 10.2. The Hall–Kier alpha value is -2.91. The predicted molar refractivity (Wildman–Crippen MR) is 101 cm³/mol. The van der Waals surface area contributed by atoms with E-state index >= 15 is 0 Å². The van der Waals surface area contributed by atoms with E-state index in [1.807, 2.05) is 0 Å². The minimum absolute atomic E-state index is 0.177. The molecule has 1 aliphatic rings. The van der Waals surface area contributed by atoms with E-state index < -0.39 is 16.1 Å². The molecule has 1 atom stereocenters. The number of fused-ring (bicyclic) bond motifs is 1. The normalized spacial score (nSPS) is 18.0. The van der Waals surface area contributed by atoms with Gasteiger partial charge in [0, 0.05) is 12.2 Å². The van der Waals surface area contributed by atoms with Gasteiger partial charge >= 0.3 is 5.69 Å². The van der Waals surface area contributed by atoms with Crippen LogP contribution in [0.3, 0.4) is 0 Å². The molecule has 1 unspecified atom stereocenters. The van der Waals surface area contributed by atoms with E-state index in [2.05, 4.69) is 15.3 Å². The largest absolute Gasteiger partial charge is 0.325 e. The van der Waals surface area contributed by atoms with Crippen LogP contribution in [-0.2, 0) is 14.8 Å². The minimum Gasteiger partial charge on any atom is -0.325 e. The van der Waals surface area contributed by atoms with Gasteiger partial charge in [-0.1, -0.05) is 18.2 Å². The Morgan fingerprint density at radius 2 is 1.81 bits per heavy atom. The number of hydrogen-bond acceptors (Lipinski definition) is 4. The topological polar surface area (TPSA) is 115 Å². The van der Waals surface area contributed by atoms with Crippen LogP contribution < -0.4 is 11.0 Å². The van der Waals surface area contributed by atoms with Gasteiger partial charge in [0.2, 0.25) is 15.9 Å². The van der Waals surface area contributed by atoms with E-state index in [1.165, 1.54) is 16.4 Å². The number of carbonyl (C=O) groups excluding carboxylic acids is 1. The second kappa shape index (κ2) is 6.67. The van der Waals surface area contributed by atoms with E-state index in [9.17, 15) is 18.0 Å². The molecule has 0 saturated carbocycles. The summed E-state index contributed by atoms with van der Waals surface area (Å²) in [6, 6.07) is 12.3. The Kier molecular flexibility index (Phi) is 4.33. The third kappa shape index (κ3) is 3.26. The summed E-state index contributed by atoms with van der Waals surface area (Å²) in [5, 5.41) is 2.76. The molecule has 8 nitrogen and oxygen atoms in total. The first-order chi connectivity index (χ1) is 12.9. The van der Waals surface area contributed by atoms with Gasteiger partial charge in [-0.3, -0.25) is 4.79 Å². The molecule has 4 rings (SSSR count). The smallest absolute Gasteiger partial charge is 0.323 e. The Labute approximate surface area is 155 Å². The molecule has 1 fully saturated rings. The second-order valence-corrected chi connectivity index (χ2v) is 8.31. The van der Waals surface area contributed by atoms with Crippen molar-refractivity contribution in [3.63, 3.8) is 0 Å². The molecule has 27 heavy (non-hydrogen) atoms. The fourth-order valence-corrected chi connectivity index (χ4v) is 5.03. The van der Waals surface area contributed by atoms with Gasteiger partial charge in [0.15, 0.2) is 0 Å². The first kappa shape index (κ1) is 17.5. The molecule has 0 bridgehead atoms. The van der Waals surface area contributed by atoms with Crippen molar-refractivity contribution in [2.75, 3.05) is 11.9 Å². The van der Waals surface area contributed by atoms with Gasteiger partial charge in [-0.2, -0.15) is 4.31 Å². The molecule has 2 aromatic carbocycles. The molecule has 140 valence electrons. The summed E-state index contributed by atoms with van der Waals surface area (Å²) >= 11 is 0. The number of anilines is 1. The lowest BCUT2D eigenvalue weighted by molar-refractivity contribution is -0.119. The highest BCUT2D eigenvalue weighted by Crippen LogP contribution is 2.27. The lowest BCUT2D eigenvalue weighted by Gasteiger charge is -2.23. The molecule has 0 radical (unpaired) electrons. The van der Waals surface area contributed by atoms with E-state index in [0.29, 0.717) is 36.1 Å². The Morgan fingerprint density at radius 1 is 1.07 bits per heavy atom. The van der Waals surface area contributed by atoms with Crippen molar-refractivity contribution in [2.24, 2.45) is 0 Å². The Balaban J connectivity index is 1.57. The number of aromatic amines is 2. The molecule has 0 spiro atoms. The van der Waals surface area contributed by atoms with Crippen LogP contribution in [0, 0.1) is 0 Å². The SMILES string of the molecule is O=C(Nc1ccc2[nH]c(=O)[nH]c2c1)C1CCCN1S(=O)(=O)c1ccccc1. The monoisotopic (exact) mass is 386 g/mol. The number of amides is 1. The Bertz CT molecular complexity index is 1150. The van der Waals surface area contributed by atoms with Gasteiger partial charge in [-0.05, 0) is 43.2 Å². The van der Waals surface area contributed by atoms with Crippen LogP contribution in [0.15, 0.2) is 58.2 Å². The van der Waals surface area contributed by atoms with Crippen LogP contribution in [0.5, 0.6) is 0 Å². The van der Waals surface area contributed by atoms with Crippen molar-refractivity contribution >= 4 is 32.7 Å². The summed E-state index contributed by atoms with van der Waals surface area (Å²) in [7, 11) is -3.74. The number of benzene rings is 2. The van der Waals surface area contributed by atoms with E-state index in [-0.39, 0.29) is 16.5 Å². The van der Waals surface area contributed by atoms with Crippen LogP contribution in [-0.4, -0.2) is 41.2 Å². The molecule has 1 aromatic heterocycles. The third-order valence-electron chi connectivity index (χ3n) is 4.64. The van der Waals surface area contributed by atoms with Crippen LogP contribution in [0.1, 0.15) is 12.8 Å². The standard InChI is InChI=1S/C18H18N4O4S/c23-17(19-12-8-9-14-15(11-12)21-18(24)20-14)16-7-4-10-22(16)27(25,26)13-5-2-1-3-6-13/h1-3,5-6,8-9,11,16H,4,7,10H2,(H,19,23)(H2,20,21,24). The fourth-order valence-electron chi connectivity index (χ4n) is 3.35. The quantitative estimate of drug-likeness (QED) is 0.632. The number of hydrogen-bond donors (Lipinski definition) is 3. The average molecular weight is 386 g/mol. The zero-order valence-electron chi connectivity index (χ0n) is 14.3. The second-order valence-electron chi connectivity index (χ2n) is 6.42. The molecule has 0 aliphatic carbocycles. The zero-order chi connectivity index (χ0) is 19.0. The molecular formula is C18H18N4O4S. The summed E-state index contributed by atoms with van der Waals surface area (Å²) in [4.78, 5) is 29.5. The number of imidazole rings is 1. The number of H-pyrrole nitrogens is 2. The molecule has 3 aromatic rings. The highest BCUT2D eigenvalue weighted by molar-refractivity contribution is 7.89. The number of rotatable bonds is 4. The number of nitrogens with one attached hydrogen (secondary N) is 3. The maximum atomic E-state index is 12.9. The van der Waals surface area contributed by atoms with Crippen molar-refractivity contribution in [3.8, 4) is 0 Å². The summed E-state index contributed by atoms with van der Waals surface area (Å²) in [6.07, 6.45) is 1.08.